The number of carboxylic acid groups (broad SMARTS) is 1. The van der Waals surface area contributed by atoms with E-state index in [9.17, 15) is 13.6 Å². The summed E-state index contributed by atoms with van der Waals surface area (Å²) >= 11 is 0. The topological polar surface area (TPSA) is 63.1 Å². The number of rotatable bonds is 4. The van der Waals surface area contributed by atoms with Crippen LogP contribution in [-0.2, 0) is 4.79 Å². The van der Waals surface area contributed by atoms with Crippen molar-refractivity contribution in [1.82, 2.24) is 9.97 Å². The van der Waals surface area contributed by atoms with E-state index in [0.717, 1.165) is 18.2 Å². The first-order valence-electron chi connectivity index (χ1n) is 5.51. The lowest BCUT2D eigenvalue weighted by atomic mass is 9.94. The smallest absolute Gasteiger partial charge is 0.304 e. The molecule has 1 aromatic heterocycles. The van der Waals surface area contributed by atoms with E-state index in [-0.39, 0.29) is 11.4 Å². The van der Waals surface area contributed by atoms with Gasteiger partial charge in [0.15, 0.2) is 0 Å². The van der Waals surface area contributed by atoms with Gasteiger partial charge in [-0.05, 0) is 24.3 Å². The van der Waals surface area contributed by atoms with Gasteiger partial charge in [0.2, 0.25) is 0 Å². The van der Waals surface area contributed by atoms with Gasteiger partial charge >= 0.3 is 5.97 Å². The Morgan fingerprint density at radius 2 is 1.95 bits per heavy atom. The van der Waals surface area contributed by atoms with Gasteiger partial charge in [0, 0.05) is 18.0 Å². The third-order valence-electron chi connectivity index (χ3n) is 2.61. The van der Waals surface area contributed by atoms with Crippen molar-refractivity contribution in [2.24, 2.45) is 0 Å². The number of aliphatic carboxylic acids is 1. The van der Waals surface area contributed by atoms with Crippen LogP contribution < -0.4 is 0 Å². The van der Waals surface area contributed by atoms with Crippen LogP contribution in [0.1, 0.15) is 23.7 Å². The van der Waals surface area contributed by atoms with Crippen molar-refractivity contribution in [3.8, 4) is 0 Å². The molecule has 0 radical (unpaired) electrons. The Labute approximate surface area is 107 Å². The Kier molecular flexibility index (Phi) is 3.79. The molecule has 2 rings (SSSR count). The quantitative estimate of drug-likeness (QED) is 0.920. The van der Waals surface area contributed by atoms with Crippen molar-refractivity contribution in [3.63, 3.8) is 0 Å². The van der Waals surface area contributed by atoms with Crippen LogP contribution in [0.3, 0.4) is 0 Å². The first kappa shape index (κ1) is 13.1. The van der Waals surface area contributed by atoms with E-state index in [1.54, 1.807) is 6.07 Å². The van der Waals surface area contributed by atoms with E-state index in [4.69, 9.17) is 5.11 Å². The fourth-order valence-electron chi connectivity index (χ4n) is 1.79. The average molecular weight is 264 g/mol. The van der Waals surface area contributed by atoms with Gasteiger partial charge in [-0.3, -0.25) is 4.79 Å². The van der Waals surface area contributed by atoms with Crippen molar-refractivity contribution in [3.05, 3.63) is 59.7 Å². The van der Waals surface area contributed by atoms with Gasteiger partial charge in [0.05, 0.1) is 12.3 Å². The van der Waals surface area contributed by atoms with Gasteiger partial charge in [0.25, 0.3) is 0 Å². The Hall–Kier alpha value is -2.37. The summed E-state index contributed by atoms with van der Waals surface area (Å²) in [5.74, 6) is -3.23. The van der Waals surface area contributed by atoms with E-state index in [1.807, 2.05) is 0 Å². The van der Waals surface area contributed by atoms with Crippen LogP contribution in [0.4, 0.5) is 8.78 Å². The Balaban J connectivity index is 2.48. The summed E-state index contributed by atoms with van der Waals surface area (Å²) in [6, 6.07) is 4.47. The molecule has 0 aliphatic rings. The number of hydrogen-bond donors (Lipinski definition) is 1. The number of nitrogens with zero attached hydrogens (tertiary/aromatic N) is 2. The second kappa shape index (κ2) is 5.51. The van der Waals surface area contributed by atoms with Crippen molar-refractivity contribution in [2.75, 3.05) is 0 Å². The van der Waals surface area contributed by atoms with Gasteiger partial charge in [-0.15, -0.1) is 0 Å². The van der Waals surface area contributed by atoms with Crippen molar-refractivity contribution in [1.29, 1.82) is 0 Å². The van der Waals surface area contributed by atoms with Crippen LogP contribution in [0.5, 0.6) is 0 Å². The van der Waals surface area contributed by atoms with Crippen molar-refractivity contribution >= 4 is 5.97 Å². The molecule has 0 saturated heterocycles. The standard InChI is InChI=1S/C13H10F2N2O2/c14-8-2-3-11(15)9(6-8)10(7-12(18)19)13-16-4-1-5-17-13/h1-6,10H,7H2,(H,18,19). The monoisotopic (exact) mass is 264 g/mol. The Bertz CT molecular complexity index is 590. The normalized spacial score (nSPS) is 12.1. The highest BCUT2D eigenvalue weighted by atomic mass is 19.1. The maximum Gasteiger partial charge on any atom is 0.304 e. The highest BCUT2D eigenvalue weighted by Gasteiger charge is 2.23. The minimum atomic E-state index is -1.14. The lowest BCUT2D eigenvalue weighted by Gasteiger charge is -2.14. The van der Waals surface area contributed by atoms with Crippen LogP contribution in [0.25, 0.3) is 0 Å². The van der Waals surface area contributed by atoms with Gasteiger partial charge in [0.1, 0.15) is 17.5 Å². The molecule has 0 bridgehead atoms. The number of benzene rings is 1. The largest absolute Gasteiger partial charge is 0.481 e. The van der Waals surface area contributed by atoms with Crippen molar-refractivity contribution in [2.45, 2.75) is 12.3 Å². The first-order chi connectivity index (χ1) is 9.08. The van der Waals surface area contributed by atoms with Crippen LogP contribution in [0.15, 0.2) is 36.7 Å². The summed E-state index contributed by atoms with van der Waals surface area (Å²) in [6.45, 7) is 0. The lowest BCUT2D eigenvalue weighted by molar-refractivity contribution is -0.137. The summed E-state index contributed by atoms with van der Waals surface area (Å²) in [7, 11) is 0. The molecule has 19 heavy (non-hydrogen) atoms. The maximum atomic E-state index is 13.7. The maximum absolute atomic E-state index is 13.7. The number of aromatic nitrogens is 2. The molecule has 0 amide bonds. The molecule has 1 aromatic carbocycles. The van der Waals surface area contributed by atoms with Crippen LogP contribution in [0.2, 0.25) is 0 Å². The number of halogens is 2. The number of carbonyl (C=O) groups is 1. The van der Waals surface area contributed by atoms with Crippen LogP contribution in [-0.4, -0.2) is 21.0 Å². The summed E-state index contributed by atoms with van der Waals surface area (Å²) in [6.07, 6.45) is 2.44. The van der Waals surface area contributed by atoms with E-state index in [0.29, 0.717) is 0 Å². The van der Waals surface area contributed by atoms with Gasteiger partial charge < -0.3 is 5.11 Å². The second-order valence-corrected chi connectivity index (χ2v) is 3.92. The second-order valence-electron chi connectivity index (χ2n) is 3.92. The molecule has 98 valence electrons. The summed E-state index contributed by atoms with van der Waals surface area (Å²) in [5.41, 5.74) is -0.0615. The van der Waals surface area contributed by atoms with Crippen molar-refractivity contribution < 1.29 is 18.7 Å². The van der Waals surface area contributed by atoms with Gasteiger partial charge in [-0.25, -0.2) is 18.7 Å². The first-order valence-corrected chi connectivity index (χ1v) is 5.51. The molecule has 1 N–H and O–H groups in total. The molecular weight excluding hydrogens is 254 g/mol. The average Bonchev–Trinajstić information content (AvgIpc) is 2.40. The zero-order valence-electron chi connectivity index (χ0n) is 9.75. The zero-order chi connectivity index (χ0) is 13.8. The molecule has 0 aliphatic heterocycles. The zero-order valence-corrected chi connectivity index (χ0v) is 9.75. The van der Waals surface area contributed by atoms with Crippen LogP contribution in [0, 0.1) is 11.6 Å². The molecule has 0 fully saturated rings. The highest BCUT2D eigenvalue weighted by Crippen LogP contribution is 2.28. The molecular formula is C13H10F2N2O2. The molecule has 1 atom stereocenters. The molecule has 0 saturated carbocycles. The summed E-state index contributed by atoms with van der Waals surface area (Å²) in [4.78, 5) is 18.7. The van der Waals surface area contributed by atoms with E-state index >= 15 is 0 Å². The van der Waals surface area contributed by atoms with E-state index < -0.39 is 29.9 Å². The van der Waals surface area contributed by atoms with Crippen LogP contribution >= 0.6 is 0 Å². The van der Waals surface area contributed by atoms with E-state index in [2.05, 4.69) is 9.97 Å². The molecule has 6 heteroatoms. The highest BCUT2D eigenvalue weighted by molar-refractivity contribution is 5.68. The fraction of sp³-hybridized carbons (Fsp3) is 0.154. The minimum absolute atomic E-state index is 0.0615. The predicted octanol–water partition coefficient (Wildman–Crippen LogP) is 2.36. The molecule has 0 spiro atoms. The number of hydrogen-bond acceptors (Lipinski definition) is 3. The summed E-state index contributed by atoms with van der Waals surface area (Å²) < 4.78 is 26.9. The molecule has 1 heterocycles. The fourth-order valence-corrected chi connectivity index (χ4v) is 1.79. The Morgan fingerprint density at radius 1 is 1.26 bits per heavy atom. The van der Waals surface area contributed by atoms with Gasteiger partial charge in [-0.2, -0.15) is 0 Å². The summed E-state index contributed by atoms with van der Waals surface area (Å²) in [5, 5.41) is 8.89. The molecule has 0 aliphatic carbocycles. The molecule has 4 nitrogen and oxygen atoms in total. The third kappa shape index (κ3) is 3.09. The SMILES string of the molecule is O=C(O)CC(c1ncccn1)c1cc(F)ccc1F. The molecule has 1 unspecified atom stereocenters. The third-order valence-corrected chi connectivity index (χ3v) is 2.61. The molecule has 2 aromatic rings. The van der Waals surface area contributed by atoms with E-state index in [1.165, 1.54) is 12.4 Å². The Morgan fingerprint density at radius 3 is 2.58 bits per heavy atom. The minimum Gasteiger partial charge on any atom is -0.481 e. The van der Waals surface area contributed by atoms with Gasteiger partial charge in [-0.1, -0.05) is 0 Å². The lowest BCUT2D eigenvalue weighted by Crippen LogP contribution is -2.12. The predicted molar refractivity (Wildman–Crippen MR) is 62.5 cm³/mol. The number of carboxylic acids is 1.